The third kappa shape index (κ3) is 6.59. The minimum Gasteiger partial charge on any atom is -0.352 e. The van der Waals surface area contributed by atoms with Gasteiger partial charge in [-0.2, -0.15) is 0 Å². The molecule has 5 heteroatoms. The Bertz CT molecular complexity index is 263. The fourth-order valence-electron chi connectivity index (χ4n) is 1.53. The van der Waals surface area contributed by atoms with E-state index < -0.39 is 0 Å². The van der Waals surface area contributed by atoms with E-state index in [0.29, 0.717) is 13.0 Å². The highest BCUT2D eigenvalue weighted by atomic mass is 16.2. The lowest BCUT2D eigenvalue weighted by Gasteiger charge is -2.19. The van der Waals surface area contributed by atoms with Gasteiger partial charge in [0.15, 0.2) is 0 Å². The van der Waals surface area contributed by atoms with E-state index in [9.17, 15) is 9.59 Å². The molecule has 0 saturated heterocycles. The van der Waals surface area contributed by atoms with Gasteiger partial charge in [0.05, 0.1) is 6.04 Å². The standard InChI is InChI=1S/C13H27N3O2/c1-6-11(7-2)15-13(18)10(3)14-9-8-12(17)16(4)5/h10-11,14H,6-9H2,1-5H3,(H,15,18). The number of hydrogen-bond donors (Lipinski definition) is 2. The molecule has 0 aromatic heterocycles. The zero-order valence-corrected chi connectivity index (χ0v) is 12.2. The topological polar surface area (TPSA) is 61.4 Å². The molecule has 1 atom stereocenters. The molecule has 2 amide bonds. The van der Waals surface area contributed by atoms with Gasteiger partial charge in [-0.15, -0.1) is 0 Å². The Hall–Kier alpha value is -1.10. The smallest absolute Gasteiger partial charge is 0.237 e. The SMILES string of the molecule is CCC(CC)NC(=O)C(C)NCCC(=O)N(C)C. The van der Waals surface area contributed by atoms with Gasteiger partial charge in [-0.1, -0.05) is 13.8 Å². The molecule has 0 spiro atoms. The van der Waals surface area contributed by atoms with E-state index in [4.69, 9.17) is 0 Å². The van der Waals surface area contributed by atoms with E-state index in [0.717, 1.165) is 12.8 Å². The predicted molar refractivity (Wildman–Crippen MR) is 73.3 cm³/mol. The van der Waals surface area contributed by atoms with Crippen molar-refractivity contribution in [3.8, 4) is 0 Å². The maximum Gasteiger partial charge on any atom is 0.237 e. The summed E-state index contributed by atoms with van der Waals surface area (Å²) >= 11 is 0. The van der Waals surface area contributed by atoms with E-state index in [2.05, 4.69) is 24.5 Å². The van der Waals surface area contributed by atoms with Crippen LogP contribution in [0.4, 0.5) is 0 Å². The van der Waals surface area contributed by atoms with Crippen LogP contribution in [-0.2, 0) is 9.59 Å². The molecule has 0 aromatic rings. The molecule has 0 heterocycles. The molecule has 0 radical (unpaired) electrons. The van der Waals surface area contributed by atoms with Crippen LogP contribution in [0.1, 0.15) is 40.0 Å². The van der Waals surface area contributed by atoms with E-state index in [-0.39, 0.29) is 23.9 Å². The lowest BCUT2D eigenvalue weighted by Crippen LogP contribution is -2.46. The largest absolute Gasteiger partial charge is 0.352 e. The van der Waals surface area contributed by atoms with E-state index in [1.807, 2.05) is 6.92 Å². The van der Waals surface area contributed by atoms with Crippen LogP contribution in [0.5, 0.6) is 0 Å². The van der Waals surface area contributed by atoms with E-state index in [1.165, 1.54) is 0 Å². The quantitative estimate of drug-likeness (QED) is 0.674. The molecule has 18 heavy (non-hydrogen) atoms. The van der Waals surface area contributed by atoms with Crippen LogP contribution < -0.4 is 10.6 Å². The van der Waals surface area contributed by atoms with E-state index >= 15 is 0 Å². The van der Waals surface area contributed by atoms with Crippen LogP contribution in [0.2, 0.25) is 0 Å². The third-order valence-electron chi connectivity index (χ3n) is 3.01. The molecule has 0 saturated carbocycles. The number of hydrogen-bond acceptors (Lipinski definition) is 3. The van der Waals surface area contributed by atoms with Crippen molar-refractivity contribution in [3.63, 3.8) is 0 Å². The molecule has 0 fully saturated rings. The Morgan fingerprint density at radius 2 is 1.72 bits per heavy atom. The lowest BCUT2D eigenvalue weighted by molar-refractivity contribution is -0.129. The normalized spacial score (nSPS) is 12.3. The number of carbonyl (C=O) groups is 2. The minimum absolute atomic E-state index is 0.000928. The molecule has 5 nitrogen and oxygen atoms in total. The molecule has 0 aliphatic rings. The number of nitrogens with zero attached hydrogens (tertiary/aromatic N) is 1. The molecule has 0 aromatic carbocycles. The summed E-state index contributed by atoms with van der Waals surface area (Å²) in [6.07, 6.45) is 2.29. The van der Waals surface area contributed by atoms with Gasteiger partial charge in [0.2, 0.25) is 11.8 Å². The first-order chi connectivity index (χ1) is 8.42. The number of nitrogens with one attached hydrogen (secondary N) is 2. The Labute approximate surface area is 110 Å². The first-order valence-electron chi connectivity index (χ1n) is 6.66. The molecular weight excluding hydrogens is 230 g/mol. The summed E-state index contributed by atoms with van der Waals surface area (Å²) in [5.41, 5.74) is 0. The first kappa shape index (κ1) is 16.9. The highest BCUT2D eigenvalue weighted by Gasteiger charge is 2.15. The van der Waals surface area contributed by atoms with Gasteiger partial charge >= 0.3 is 0 Å². The van der Waals surface area contributed by atoms with Gasteiger partial charge < -0.3 is 15.5 Å². The summed E-state index contributed by atoms with van der Waals surface area (Å²) in [6, 6.07) is -0.0225. The summed E-state index contributed by atoms with van der Waals surface area (Å²) in [4.78, 5) is 24.7. The van der Waals surface area contributed by atoms with Crippen LogP contribution in [0.25, 0.3) is 0 Å². The Kier molecular flexibility index (Phi) is 8.37. The van der Waals surface area contributed by atoms with Gasteiger partial charge in [-0.3, -0.25) is 9.59 Å². The van der Waals surface area contributed by atoms with Gasteiger partial charge in [0, 0.05) is 33.1 Å². The van der Waals surface area contributed by atoms with E-state index in [1.54, 1.807) is 19.0 Å². The highest BCUT2D eigenvalue weighted by Crippen LogP contribution is 1.97. The second-order valence-electron chi connectivity index (χ2n) is 4.74. The average Bonchev–Trinajstić information content (AvgIpc) is 2.34. The minimum atomic E-state index is -0.263. The lowest BCUT2D eigenvalue weighted by atomic mass is 10.1. The molecule has 0 bridgehead atoms. The van der Waals surface area contributed by atoms with Crippen molar-refractivity contribution < 1.29 is 9.59 Å². The van der Waals surface area contributed by atoms with Crippen LogP contribution in [0.3, 0.4) is 0 Å². The number of rotatable bonds is 8. The molecule has 0 rings (SSSR count). The van der Waals surface area contributed by atoms with Gasteiger partial charge in [0.1, 0.15) is 0 Å². The monoisotopic (exact) mass is 257 g/mol. The van der Waals surface area contributed by atoms with Gasteiger partial charge in [-0.05, 0) is 19.8 Å². The summed E-state index contributed by atoms with van der Waals surface area (Å²) in [5.74, 6) is 0.0658. The number of carbonyl (C=O) groups excluding carboxylic acids is 2. The van der Waals surface area contributed by atoms with Crippen LogP contribution in [0, 0.1) is 0 Å². The van der Waals surface area contributed by atoms with Crippen LogP contribution in [-0.4, -0.2) is 49.4 Å². The molecule has 0 aliphatic carbocycles. The molecule has 106 valence electrons. The fraction of sp³-hybridized carbons (Fsp3) is 0.846. The summed E-state index contributed by atoms with van der Waals surface area (Å²) in [5, 5.41) is 6.04. The predicted octanol–water partition coefficient (Wildman–Crippen LogP) is 0.748. The Balaban J connectivity index is 3.91. The molecule has 1 unspecified atom stereocenters. The maximum absolute atomic E-state index is 11.8. The van der Waals surface area contributed by atoms with Crippen LogP contribution >= 0.6 is 0 Å². The molecule has 2 N–H and O–H groups in total. The average molecular weight is 257 g/mol. The number of amides is 2. The second kappa shape index (κ2) is 8.91. The molecular formula is C13H27N3O2. The molecule has 0 aliphatic heterocycles. The van der Waals surface area contributed by atoms with Gasteiger partial charge in [-0.25, -0.2) is 0 Å². The van der Waals surface area contributed by atoms with Crippen molar-refractivity contribution in [3.05, 3.63) is 0 Å². The van der Waals surface area contributed by atoms with Crippen molar-refractivity contribution in [2.24, 2.45) is 0 Å². The van der Waals surface area contributed by atoms with Crippen LogP contribution in [0.15, 0.2) is 0 Å². The fourth-order valence-corrected chi connectivity index (χ4v) is 1.53. The highest BCUT2D eigenvalue weighted by molar-refractivity contribution is 5.81. The summed E-state index contributed by atoms with van der Waals surface area (Å²) in [6.45, 7) is 6.46. The van der Waals surface area contributed by atoms with Crippen molar-refractivity contribution in [1.29, 1.82) is 0 Å². The Morgan fingerprint density at radius 3 is 2.17 bits per heavy atom. The first-order valence-corrected chi connectivity index (χ1v) is 6.66. The Morgan fingerprint density at radius 1 is 1.17 bits per heavy atom. The summed E-state index contributed by atoms with van der Waals surface area (Å²) in [7, 11) is 3.46. The van der Waals surface area contributed by atoms with Crippen molar-refractivity contribution >= 4 is 11.8 Å². The van der Waals surface area contributed by atoms with Gasteiger partial charge in [0.25, 0.3) is 0 Å². The van der Waals surface area contributed by atoms with Crippen molar-refractivity contribution in [2.75, 3.05) is 20.6 Å². The zero-order valence-electron chi connectivity index (χ0n) is 12.2. The third-order valence-corrected chi connectivity index (χ3v) is 3.01. The zero-order chi connectivity index (χ0) is 14.1. The van der Waals surface area contributed by atoms with Crippen molar-refractivity contribution in [2.45, 2.75) is 52.1 Å². The summed E-state index contributed by atoms with van der Waals surface area (Å²) < 4.78 is 0. The maximum atomic E-state index is 11.8. The van der Waals surface area contributed by atoms with Crippen molar-refractivity contribution in [1.82, 2.24) is 15.5 Å². The second-order valence-corrected chi connectivity index (χ2v) is 4.74.